The average molecular weight is 445 g/mol. The van der Waals surface area contributed by atoms with Crippen LogP contribution >= 0.6 is 0 Å². The lowest BCUT2D eigenvalue weighted by Crippen LogP contribution is -2.47. The van der Waals surface area contributed by atoms with Crippen LogP contribution in [-0.4, -0.2) is 44.2 Å². The van der Waals surface area contributed by atoms with E-state index in [2.05, 4.69) is 42.2 Å². The van der Waals surface area contributed by atoms with E-state index in [1.807, 2.05) is 47.4 Å². The summed E-state index contributed by atoms with van der Waals surface area (Å²) >= 11 is 0. The Morgan fingerprint density at radius 2 is 1.61 bits per heavy atom. The number of carbonyl (C=O) groups is 1. The molecular weight excluding hydrogens is 412 g/mol. The number of anilines is 1. The van der Waals surface area contributed by atoms with E-state index >= 15 is 0 Å². The van der Waals surface area contributed by atoms with E-state index in [0.29, 0.717) is 0 Å². The van der Waals surface area contributed by atoms with Crippen LogP contribution in [0.2, 0.25) is 0 Å². The zero-order chi connectivity index (χ0) is 23.2. The van der Waals surface area contributed by atoms with Gasteiger partial charge in [-0.1, -0.05) is 48.0 Å². The van der Waals surface area contributed by atoms with E-state index in [1.54, 1.807) is 14.2 Å². The second-order valence-corrected chi connectivity index (χ2v) is 8.54. The highest BCUT2D eigenvalue weighted by atomic mass is 16.5. The number of rotatable bonds is 7. The molecule has 33 heavy (non-hydrogen) atoms. The summed E-state index contributed by atoms with van der Waals surface area (Å²) in [5.41, 5.74) is 3.99. The SMILES string of the molecule is COc1cccc(CN2CCC(N(C(=O)c3ccccc3)c3ccc(C)cc3)CC2)c1OC. The lowest BCUT2D eigenvalue weighted by molar-refractivity contribution is 0.0958. The van der Waals surface area contributed by atoms with Gasteiger partial charge in [-0.05, 0) is 50.1 Å². The van der Waals surface area contributed by atoms with E-state index in [-0.39, 0.29) is 11.9 Å². The van der Waals surface area contributed by atoms with Gasteiger partial charge < -0.3 is 14.4 Å². The predicted molar refractivity (Wildman–Crippen MR) is 132 cm³/mol. The third-order valence-corrected chi connectivity index (χ3v) is 6.35. The fourth-order valence-corrected chi connectivity index (χ4v) is 4.57. The van der Waals surface area contributed by atoms with Crippen LogP contribution in [0.25, 0.3) is 0 Å². The largest absolute Gasteiger partial charge is 0.493 e. The molecule has 1 fully saturated rings. The molecule has 0 aromatic heterocycles. The topological polar surface area (TPSA) is 42.0 Å². The number of nitrogens with zero attached hydrogens (tertiary/aromatic N) is 2. The molecule has 1 aliphatic heterocycles. The van der Waals surface area contributed by atoms with Gasteiger partial charge in [-0.15, -0.1) is 0 Å². The Bertz CT molecular complexity index is 1060. The van der Waals surface area contributed by atoms with Gasteiger partial charge in [0.25, 0.3) is 5.91 Å². The molecule has 0 unspecified atom stereocenters. The summed E-state index contributed by atoms with van der Waals surface area (Å²) in [5, 5.41) is 0. The first-order chi connectivity index (χ1) is 16.1. The number of hydrogen-bond acceptors (Lipinski definition) is 4. The molecule has 0 saturated carbocycles. The smallest absolute Gasteiger partial charge is 0.258 e. The monoisotopic (exact) mass is 444 g/mol. The number of ether oxygens (including phenoxy) is 2. The highest BCUT2D eigenvalue weighted by molar-refractivity contribution is 6.06. The molecule has 3 aromatic carbocycles. The Morgan fingerprint density at radius 1 is 0.909 bits per heavy atom. The van der Waals surface area contributed by atoms with Gasteiger partial charge in [0, 0.05) is 42.5 Å². The van der Waals surface area contributed by atoms with Crippen molar-refractivity contribution in [3.05, 3.63) is 89.5 Å². The Kier molecular flexibility index (Phi) is 7.30. The number of aryl methyl sites for hydroxylation is 1. The molecule has 1 saturated heterocycles. The summed E-state index contributed by atoms with van der Waals surface area (Å²) in [6.45, 7) is 4.69. The lowest BCUT2D eigenvalue weighted by Gasteiger charge is -2.39. The normalized spacial score (nSPS) is 14.6. The summed E-state index contributed by atoms with van der Waals surface area (Å²) in [5.74, 6) is 1.61. The minimum atomic E-state index is 0.0624. The molecule has 0 spiro atoms. The van der Waals surface area contributed by atoms with Crippen LogP contribution in [0.5, 0.6) is 11.5 Å². The standard InChI is InChI=1S/C28H32N2O3/c1-21-12-14-24(15-13-21)30(28(31)22-8-5-4-6-9-22)25-16-18-29(19-17-25)20-23-10-7-11-26(32-2)27(23)33-3/h4-15,25H,16-20H2,1-3H3. The molecule has 1 heterocycles. The number of para-hydroxylation sites is 1. The molecule has 0 atom stereocenters. The minimum absolute atomic E-state index is 0.0624. The van der Waals surface area contributed by atoms with Gasteiger partial charge in [-0.25, -0.2) is 0 Å². The van der Waals surface area contributed by atoms with Crippen LogP contribution < -0.4 is 14.4 Å². The van der Waals surface area contributed by atoms with Gasteiger partial charge in [0.2, 0.25) is 0 Å². The Balaban J connectivity index is 1.51. The van der Waals surface area contributed by atoms with E-state index in [1.165, 1.54) is 5.56 Å². The lowest BCUT2D eigenvalue weighted by atomic mass is 9.99. The van der Waals surface area contributed by atoms with E-state index < -0.39 is 0 Å². The Morgan fingerprint density at radius 3 is 2.24 bits per heavy atom. The summed E-state index contributed by atoms with van der Waals surface area (Å²) in [6.07, 6.45) is 1.83. The van der Waals surface area contributed by atoms with Crippen LogP contribution in [0, 0.1) is 6.92 Å². The van der Waals surface area contributed by atoms with Crippen molar-refractivity contribution >= 4 is 11.6 Å². The zero-order valence-electron chi connectivity index (χ0n) is 19.7. The highest BCUT2D eigenvalue weighted by Crippen LogP contribution is 2.33. The number of piperidine rings is 1. The van der Waals surface area contributed by atoms with Crippen molar-refractivity contribution in [2.24, 2.45) is 0 Å². The third kappa shape index (κ3) is 5.20. The van der Waals surface area contributed by atoms with Crippen molar-refractivity contribution in [3.63, 3.8) is 0 Å². The Labute approximate surface area is 196 Å². The van der Waals surface area contributed by atoms with Crippen LogP contribution in [0.3, 0.4) is 0 Å². The number of carbonyl (C=O) groups excluding carboxylic acids is 1. The van der Waals surface area contributed by atoms with E-state index in [4.69, 9.17) is 9.47 Å². The first-order valence-electron chi connectivity index (χ1n) is 11.5. The minimum Gasteiger partial charge on any atom is -0.493 e. The molecule has 1 aliphatic rings. The van der Waals surface area contributed by atoms with Crippen LogP contribution in [0.1, 0.15) is 34.3 Å². The quantitative estimate of drug-likeness (QED) is 0.494. The summed E-state index contributed by atoms with van der Waals surface area (Å²) < 4.78 is 11.1. The van der Waals surface area contributed by atoms with Crippen molar-refractivity contribution in [1.82, 2.24) is 4.90 Å². The molecule has 4 rings (SSSR count). The van der Waals surface area contributed by atoms with Crippen LogP contribution in [0.4, 0.5) is 5.69 Å². The number of hydrogen-bond donors (Lipinski definition) is 0. The van der Waals surface area contributed by atoms with Crippen molar-refractivity contribution < 1.29 is 14.3 Å². The summed E-state index contributed by atoms with van der Waals surface area (Å²) in [4.78, 5) is 18.0. The summed E-state index contributed by atoms with van der Waals surface area (Å²) in [7, 11) is 3.35. The number of likely N-dealkylation sites (tertiary alicyclic amines) is 1. The molecule has 172 valence electrons. The maximum Gasteiger partial charge on any atom is 0.258 e. The highest BCUT2D eigenvalue weighted by Gasteiger charge is 2.30. The average Bonchev–Trinajstić information content (AvgIpc) is 2.86. The van der Waals surface area contributed by atoms with Gasteiger partial charge >= 0.3 is 0 Å². The van der Waals surface area contributed by atoms with Gasteiger partial charge in [0.05, 0.1) is 14.2 Å². The predicted octanol–water partition coefficient (Wildman–Crippen LogP) is 5.32. The molecular formula is C28H32N2O3. The van der Waals surface area contributed by atoms with E-state index in [9.17, 15) is 4.79 Å². The Hall–Kier alpha value is -3.31. The maximum absolute atomic E-state index is 13.5. The van der Waals surface area contributed by atoms with Gasteiger partial charge in [0.15, 0.2) is 11.5 Å². The fourth-order valence-electron chi connectivity index (χ4n) is 4.57. The number of benzene rings is 3. The van der Waals surface area contributed by atoms with Crippen LogP contribution in [0.15, 0.2) is 72.8 Å². The van der Waals surface area contributed by atoms with Crippen molar-refractivity contribution in [1.29, 1.82) is 0 Å². The van der Waals surface area contributed by atoms with Gasteiger partial charge in [0.1, 0.15) is 0 Å². The van der Waals surface area contributed by atoms with E-state index in [0.717, 1.165) is 60.8 Å². The second kappa shape index (κ2) is 10.5. The van der Waals surface area contributed by atoms with Crippen molar-refractivity contribution in [2.75, 3.05) is 32.2 Å². The molecule has 5 heteroatoms. The van der Waals surface area contributed by atoms with Crippen molar-refractivity contribution in [3.8, 4) is 11.5 Å². The molecule has 1 amide bonds. The van der Waals surface area contributed by atoms with Crippen molar-refractivity contribution in [2.45, 2.75) is 32.4 Å². The van der Waals surface area contributed by atoms with Crippen LogP contribution in [-0.2, 0) is 6.54 Å². The number of methoxy groups -OCH3 is 2. The second-order valence-electron chi connectivity index (χ2n) is 8.54. The molecule has 0 radical (unpaired) electrons. The zero-order valence-corrected chi connectivity index (χ0v) is 19.7. The number of amides is 1. The maximum atomic E-state index is 13.5. The first-order valence-corrected chi connectivity index (χ1v) is 11.5. The third-order valence-electron chi connectivity index (χ3n) is 6.35. The molecule has 0 bridgehead atoms. The summed E-state index contributed by atoms with van der Waals surface area (Å²) in [6, 6.07) is 24.0. The first kappa shape index (κ1) is 22.9. The molecule has 3 aromatic rings. The molecule has 0 aliphatic carbocycles. The van der Waals surface area contributed by atoms with Gasteiger partial charge in [-0.3, -0.25) is 9.69 Å². The van der Waals surface area contributed by atoms with Gasteiger partial charge in [-0.2, -0.15) is 0 Å². The fraction of sp³-hybridized carbons (Fsp3) is 0.321. The molecule has 5 nitrogen and oxygen atoms in total. The molecule has 0 N–H and O–H groups in total.